The molecule has 0 aromatic heterocycles. The SMILES string of the molecule is CC[NH+](CC)CCNC(=O)C(Oc1ccccc1)Oc1ccccc1. The summed E-state index contributed by atoms with van der Waals surface area (Å²) in [5.41, 5.74) is 0. The Morgan fingerprint density at radius 1 is 0.920 bits per heavy atom. The van der Waals surface area contributed by atoms with Gasteiger partial charge in [-0.3, -0.25) is 4.79 Å². The molecule has 0 radical (unpaired) electrons. The van der Waals surface area contributed by atoms with Gasteiger partial charge in [0, 0.05) is 0 Å². The molecule has 2 N–H and O–H groups in total. The fourth-order valence-electron chi connectivity index (χ4n) is 2.43. The van der Waals surface area contributed by atoms with Gasteiger partial charge in [-0.2, -0.15) is 0 Å². The lowest BCUT2D eigenvalue weighted by molar-refractivity contribution is -0.895. The van der Waals surface area contributed by atoms with Crippen molar-refractivity contribution >= 4 is 5.91 Å². The second-order valence-electron chi connectivity index (χ2n) is 5.69. The summed E-state index contributed by atoms with van der Waals surface area (Å²) >= 11 is 0. The van der Waals surface area contributed by atoms with Crippen LogP contribution in [-0.4, -0.2) is 38.4 Å². The van der Waals surface area contributed by atoms with Gasteiger partial charge in [0.25, 0.3) is 0 Å². The molecule has 0 saturated carbocycles. The summed E-state index contributed by atoms with van der Waals surface area (Å²) in [6.45, 7) is 7.82. The highest BCUT2D eigenvalue weighted by Gasteiger charge is 2.22. The van der Waals surface area contributed by atoms with Crippen molar-refractivity contribution in [3.63, 3.8) is 0 Å². The molecule has 0 fully saturated rings. The van der Waals surface area contributed by atoms with E-state index in [1.54, 1.807) is 24.3 Å². The van der Waals surface area contributed by atoms with E-state index < -0.39 is 6.29 Å². The highest BCUT2D eigenvalue weighted by molar-refractivity contribution is 5.80. The number of ether oxygens (including phenoxy) is 2. The number of para-hydroxylation sites is 2. The van der Waals surface area contributed by atoms with Crippen LogP contribution in [0.3, 0.4) is 0 Å². The number of nitrogens with one attached hydrogen (secondary N) is 2. The van der Waals surface area contributed by atoms with Crippen molar-refractivity contribution in [1.82, 2.24) is 5.32 Å². The average molecular weight is 343 g/mol. The Morgan fingerprint density at radius 3 is 1.84 bits per heavy atom. The van der Waals surface area contributed by atoms with Crippen molar-refractivity contribution in [3.8, 4) is 11.5 Å². The number of hydrogen-bond acceptors (Lipinski definition) is 3. The number of benzene rings is 2. The number of hydrogen-bond donors (Lipinski definition) is 2. The standard InChI is InChI=1S/C20H26N2O3/c1-3-22(4-2)16-15-21-19(23)20(24-17-11-7-5-8-12-17)25-18-13-9-6-10-14-18/h5-14,20H,3-4,15-16H2,1-2H3,(H,21,23)/p+1. The molecule has 134 valence electrons. The molecule has 0 aliphatic rings. The Hall–Kier alpha value is -2.53. The zero-order chi connectivity index (χ0) is 17.9. The summed E-state index contributed by atoms with van der Waals surface area (Å²) in [6, 6.07) is 18.4. The molecule has 0 bridgehead atoms. The van der Waals surface area contributed by atoms with E-state index in [2.05, 4.69) is 19.2 Å². The van der Waals surface area contributed by atoms with Crippen molar-refractivity contribution in [2.24, 2.45) is 0 Å². The van der Waals surface area contributed by atoms with Gasteiger partial charge in [0.2, 0.25) is 0 Å². The van der Waals surface area contributed by atoms with Gasteiger partial charge < -0.3 is 19.7 Å². The molecule has 0 unspecified atom stereocenters. The fourth-order valence-corrected chi connectivity index (χ4v) is 2.43. The van der Waals surface area contributed by atoms with E-state index in [-0.39, 0.29) is 5.91 Å². The first-order valence-corrected chi connectivity index (χ1v) is 8.77. The lowest BCUT2D eigenvalue weighted by atomic mass is 10.3. The average Bonchev–Trinajstić information content (AvgIpc) is 2.66. The van der Waals surface area contributed by atoms with Crippen LogP contribution in [0.4, 0.5) is 0 Å². The van der Waals surface area contributed by atoms with E-state index in [9.17, 15) is 4.79 Å². The second kappa shape index (κ2) is 10.4. The minimum Gasteiger partial charge on any atom is -0.446 e. The molecule has 5 heteroatoms. The minimum absolute atomic E-state index is 0.278. The summed E-state index contributed by atoms with van der Waals surface area (Å²) in [7, 11) is 0. The van der Waals surface area contributed by atoms with Crippen LogP contribution in [0.2, 0.25) is 0 Å². The first kappa shape index (κ1) is 18.8. The Balaban J connectivity index is 1.98. The van der Waals surface area contributed by atoms with E-state index in [1.807, 2.05) is 36.4 Å². The molecule has 25 heavy (non-hydrogen) atoms. The molecule has 2 aromatic carbocycles. The minimum atomic E-state index is -1.03. The van der Waals surface area contributed by atoms with Gasteiger partial charge in [0.15, 0.2) is 0 Å². The first-order valence-electron chi connectivity index (χ1n) is 8.77. The number of carbonyl (C=O) groups is 1. The van der Waals surface area contributed by atoms with Crippen molar-refractivity contribution in [2.45, 2.75) is 20.1 Å². The lowest BCUT2D eigenvalue weighted by Crippen LogP contribution is -3.12. The van der Waals surface area contributed by atoms with E-state index in [4.69, 9.17) is 9.47 Å². The van der Waals surface area contributed by atoms with Crippen LogP contribution >= 0.6 is 0 Å². The van der Waals surface area contributed by atoms with Crippen LogP contribution in [0.15, 0.2) is 60.7 Å². The molecule has 5 nitrogen and oxygen atoms in total. The van der Waals surface area contributed by atoms with Crippen molar-refractivity contribution < 1.29 is 19.2 Å². The van der Waals surface area contributed by atoms with E-state index in [0.717, 1.165) is 19.6 Å². The van der Waals surface area contributed by atoms with Gasteiger partial charge in [-0.25, -0.2) is 0 Å². The predicted molar refractivity (Wildman–Crippen MR) is 97.8 cm³/mol. The van der Waals surface area contributed by atoms with Gasteiger partial charge in [-0.15, -0.1) is 0 Å². The maximum atomic E-state index is 12.5. The molecule has 2 rings (SSSR count). The third-order valence-corrected chi connectivity index (χ3v) is 3.96. The summed E-state index contributed by atoms with van der Waals surface area (Å²) in [6.07, 6.45) is -1.03. The van der Waals surface area contributed by atoms with Crippen LogP contribution in [0.25, 0.3) is 0 Å². The largest absolute Gasteiger partial charge is 0.446 e. The van der Waals surface area contributed by atoms with Crippen molar-refractivity contribution in [1.29, 1.82) is 0 Å². The normalized spacial score (nSPS) is 10.7. The number of amides is 1. The zero-order valence-electron chi connectivity index (χ0n) is 14.9. The number of carbonyl (C=O) groups excluding carboxylic acids is 1. The van der Waals surface area contributed by atoms with Crippen LogP contribution < -0.4 is 19.7 Å². The fraction of sp³-hybridized carbons (Fsp3) is 0.350. The summed E-state index contributed by atoms with van der Waals surface area (Å²) in [4.78, 5) is 14.0. The van der Waals surface area contributed by atoms with Gasteiger partial charge in [-0.1, -0.05) is 36.4 Å². The highest BCUT2D eigenvalue weighted by atomic mass is 16.7. The smallest absolute Gasteiger partial charge is 0.321 e. The lowest BCUT2D eigenvalue weighted by Gasteiger charge is -2.21. The van der Waals surface area contributed by atoms with Crippen LogP contribution in [0.5, 0.6) is 11.5 Å². The first-order chi connectivity index (χ1) is 12.2. The van der Waals surface area contributed by atoms with Crippen LogP contribution in [-0.2, 0) is 4.79 Å². The maximum absolute atomic E-state index is 12.5. The molecule has 0 aliphatic carbocycles. The number of rotatable bonds is 10. The molecule has 1 amide bonds. The molecule has 0 heterocycles. The zero-order valence-corrected chi connectivity index (χ0v) is 14.9. The molecule has 0 atom stereocenters. The Kier molecular flexibility index (Phi) is 7.79. The summed E-state index contributed by atoms with van der Waals surface area (Å²) < 4.78 is 11.5. The van der Waals surface area contributed by atoms with Crippen LogP contribution in [0.1, 0.15) is 13.8 Å². The van der Waals surface area contributed by atoms with E-state index >= 15 is 0 Å². The molecular weight excluding hydrogens is 316 g/mol. The predicted octanol–water partition coefficient (Wildman–Crippen LogP) is 1.51. The van der Waals surface area contributed by atoms with Crippen molar-refractivity contribution in [3.05, 3.63) is 60.7 Å². The molecular formula is C20H27N2O3+. The highest BCUT2D eigenvalue weighted by Crippen LogP contribution is 2.15. The van der Waals surface area contributed by atoms with Crippen LogP contribution in [0, 0.1) is 0 Å². The maximum Gasteiger partial charge on any atom is 0.321 e. The second-order valence-corrected chi connectivity index (χ2v) is 5.69. The van der Waals surface area contributed by atoms with Gasteiger partial charge in [0.05, 0.1) is 26.2 Å². The van der Waals surface area contributed by atoms with E-state index in [1.165, 1.54) is 4.90 Å². The van der Waals surface area contributed by atoms with Gasteiger partial charge >= 0.3 is 12.2 Å². The Morgan fingerprint density at radius 2 is 1.40 bits per heavy atom. The topological polar surface area (TPSA) is 52.0 Å². The Bertz CT molecular complexity index is 574. The monoisotopic (exact) mass is 343 g/mol. The Labute approximate surface area is 149 Å². The quantitative estimate of drug-likeness (QED) is 0.643. The molecule has 0 saturated heterocycles. The number of quaternary nitrogens is 1. The van der Waals surface area contributed by atoms with Gasteiger partial charge in [-0.05, 0) is 38.1 Å². The number of likely N-dealkylation sites (N-methyl/N-ethyl adjacent to an activating group) is 1. The summed E-state index contributed by atoms with van der Waals surface area (Å²) in [5, 5.41) is 2.91. The van der Waals surface area contributed by atoms with E-state index in [0.29, 0.717) is 18.0 Å². The third-order valence-electron chi connectivity index (χ3n) is 3.96. The van der Waals surface area contributed by atoms with Gasteiger partial charge in [0.1, 0.15) is 11.5 Å². The molecule has 0 aliphatic heterocycles. The summed E-state index contributed by atoms with van der Waals surface area (Å²) in [5.74, 6) is 0.903. The van der Waals surface area contributed by atoms with Crippen molar-refractivity contribution in [2.75, 3.05) is 26.2 Å². The third kappa shape index (κ3) is 6.47. The molecule has 2 aromatic rings. The molecule has 0 spiro atoms.